The lowest BCUT2D eigenvalue weighted by Gasteiger charge is -2.07. The van der Waals surface area contributed by atoms with Gasteiger partial charge in [0.1, 0.15) is 0 Å². The van der Waals surface area contributed by atoms with Gasteiger partial charge < -0.3 is 10.2 Å². The van der Waals surface area contributed by atoms with Crippen LogP contribution in [-0.4, -0.2) is 28.1 Å². The summed E-state index contributed by atoms with van der Waals surface area (Å²) in [6.45, 7) is 0. The number of hydrogen-bond acceptors (Lipinski definition) is 3. The first-order valence-electron chi connectivity index (χ1n) is 5.51. The summed E-state index contributed by atoms with van der Waals surface area (Å²) < 4.78 is 0. The summed E-state index contributed by atoms with van der Waals surface area (Å²) in [5, 5.41) is 19.5. The molecule has 2 rings (SSSR count). The molecule has 0 heterocycles. The molecule has 2 aromatic carbocycles. The maximum atomic E-state index is 12.0. The third-order valence-corrected chi connectivity index (χ3v) is 2.75. The number of carboxylic acids is 1. The van der Waals surface area contributed by atoms with Gasteiger partial charge in [-0.05, 0) is 10.8 Å². The lowest BCUT2D eigenvalue weighted by Crippen LogP contribution is -2.23. The van der Waals surface area contributed by atoms with E-state index in [4.69, 9.17) is 5.11 Å². The van der Waals surface area contributed by atoms with Crippen molar-refractivity contribution >= 4 is 22.5 Å². The van der Waals surface area contributed by atoms with Gasteiger partial charge >= 0.3 is 5.97 Å². The van der Waals surface area contributed by atoms with Crippen molar-refractivity contribution in [2.45, 2.75) is 12.5 Å². The van der Waals surface area contributed by atoms with Crippen LogP contribution in [0.4, 0.5) is 0 Å². The maximum Gasteiger partial charge on any atom is 0.332 e. The van der Waals surface area contributed by atoms with E-state index in [1.54, 1.807) is 18.2 Å². The molecule has 92 valence electrons. The lowest BCUT2D eigenvalue weighted by molar-refractivity contribution is -0.146. The number of carbonyl (C=O) groups is 2. The fourth-order valence-corrected chi connectivity index (χ4v) is 1.84. The zero-order chi connectivity index (χ0) is 13.1. The summed E-state index contributed by atoms with van der Waals surface area (Å²) in [6.07, 6.45) is -2.07. The SMILES string of the molecule is O=C(C[C@@H](O)C(=O)O)c1cccc2ccccc12. The van der Waals surface area contributed by atoms with Gasteiger partial charge in [-0.1, -0.05) is 42.5 Å². The first kappa shape index (κ1) is 12.3. The standard InChI is InChI=1S/C14H12O4/c15-12(8-13(16)14(17)18)11-7-3-5-9-4-1-2-6-10(9)11/h1-7,13,16H,8H2,(H,17,18)/t13-/m1/s1. The molecule has 0 amide bonds. The van der Waals surface area contributed by atoms with E-state index in [9.17, 15) is 14.7 Å². The number of aliphatic hydroxyl groups is 1. The number of benzene rings is 2. The number of carboxylic acid groups (broad SMARTS) is 1. The van der Waals surface area contributed by atoms with Crippen LogP contribution < -0.4 is 0 Å². The van der Waals surface area contributed by atoms with Gasteiger partial charge in [-0.25, -0.2) is 4.79 Å². The average Bonchev–Trinajstić information content (AvgIpc) is 2.37. The van der Waals surface area contributed by atoms with Crippen LogP contribution in [0.3, 0.4) is 0 Å². The molecule has 4 heteroatoms. The largest absolute Gasteiger partial charge is 0.479 e. The highest BCUT2D eigenvalue weighted by atomic mass is 16.4. The van der Waals surface area contributed by atoms with E-state index in [0.29, 0.717) is 5.56 Å². The number of hydrogen-bond donors (Lipinski definition) is 2. The maximum absolute atomic E-state index is 12.0. The summed E-state index contributed by atoms with van der Waals surface area (Å²) in [5.41, 5.74) is 0.438. The molecular weight excluding hydrogens is 232 g/mol. The van der Waals surface area contributed by atoms with Crippen molar-refractivity contribution in [1.82, 2.24) is 0 Å². The second-order valence-corrected chi connectivity index (χ2v) is 4.01. The molecular formula is C14H12O4. The van der Waals surface area contributed by atoms with E-state index in [1.165, 1.54) is 0 Å². The van der Waals surface area contributed by atoms with E-state index in [1.807, 2.05) is 24.3 Å². The Labute approximate surface area is 103 Å². The molecule has 0 aliphatic rings. The predicted molar refractivity (Wildman–Crippen MR) is 66.5 cm³/mol. The van der Waals surface area contributed by atoms with Crippen LogP contribution in [-0.2, 0) is 4.79 Å². The Balaban J connectivity index is 2.36. The molecule has 0 spiro atoms. The highest BCUT2D eigenvalue weighted by Gasteiger charge is 2.19. The molecule has 0 aromatic heterocycles. The smallest absolute Gasteiger partial charge is 0.332 e. The van der Waals surface area contributed by atoms with Gasteiger partial charge in [-0.3, -0.25) is 4.79 Å². The minimum absolute atomic E-state index is 0.373. The highest BCUT2D eigenvalue weighted by molar-refractivity contribution is 6.09. The predicted octanol–water partition coefficient (Wildman–Crippen LogP) is 1.86. The van der Waals surface area contributed by atoms with Crippen LogP contribution in [0.25, 0.3) is 10.8 Å². The number of aliphatic hydroxyl groups excluding tert-OH is 1. The second kappa shape index (κ2) is 4.98. The Morgan fingerprint density at radius 3 is 2.44 bits per heavy atom. The molecule has 0 saturated carbocycles. The Bertz CT molecular complexity index is 598. The van der Waals surface area contributed by atoms with Crippen molar-refractivity contribution in [3.63, 3.8) is 0 Å². The van der Waals surface area contributed by atoms with E-state index in [-0.39, 0.29) is 5.78 Å². The molecule has 4 nitrogen and oxygen atoms in total. The molecule has 2 N–H and O–H groups in total. The molecule has 0 radical (unpaired) electrons. The van der Waals surface area contributed by atoms with Crippen LogP contribution >= 0.6 is 0 Å². The quantitative estimate of drug-likeness (QED) is 0.805. The van der Waals surface area contributed by atoms with Crippen molar-refractivity contribution in [1.29, 1.82) is 0 Å². The minimum atomic E-state index is -1.66. The fourth-order valence-electron chi connectivity index (χ4n) is 1.84. The van der Waals surface area contributed by atoms with Gasteiger partial charge in [0.15, 0.2) is 11.9 Å². The summed E-state index contributed by atoms with van der Waals surface area (Å²) in [7, 11) is 0. The molecule has 0 aliphatic heterocycles. The number of rotatable bonds is 4. The first-order valence-corrected chi connectivity index (χ1v) is 5.51. The molecule has 1 atom stereocenters. The van der Waals surface area contributed by atoms with Crippen LogP contribution in [0.2, 0.25) is 0 Å². The molecule has 0 bridgehead atoms. The zero-order valence-electron chi connectivity index (χ0n) is 9.54. The summed E-state index contributed by atoms with van der Waals surface area (Å²) in [6, 6.07) is 12.6. The highest BCUT2D eigenvalue weighted by Crippen LogP contribution is 2.20. The lowest BCUT2D eigenvalue weighted by atomic mass is 9.98. The van der Waals surface area contributed by atoms with E-state index in [2.05, 4.69) is 0 Å². The number of ketones is 1. The molecule has 0 saturated heterocycles. The Kier molecular flexibility index (Phi) is 3.39. The number of aliphatic carboxylic acids is 1. The zero-order valence-corrected chi connectivity index (χ0v) is 9.54. The number of Topliss-reactive ketones (excluding diaryl/α,β-unsaturated/α-hetero) is 1. The Hall–Kier alpha value is -2.20. The van der Waals surface area contributed by atoms with E-state index < -0.39 is 18.5 Å². The number of carbonyl (C=O) groups excluding carboxylic acids is 1. The molecule has 0 aliphatic carbocycles. The average molecular weight is 244 g/mol. The van der Waals surface area contributed by atoms with Gasteiger partial charge in [0.2, 0.25) is 0 Å². The van der Waals surface area contributed by atoms with Gasteiger partial charge in [-0.2, -0.15) is 0 Å². The van der Waals surface area contributed by atoms with Crippen LogP contribution in [0.1, 0.15) is 16.8 Å². The Morgan fingerprint density at radius 1 is 1.06 bits per heavy atom. The monoisotopic (exact) mass is 244 g/mol. The van der Waals surface area contributed by atoms with Gasteiger partial charge in [0, 0.05) is 12.0 Å². The third kappa shape index (κ3) is 2.38. The van der Waals surface area contributed by atoms with Gasteiger partial charge in [0.05, 0.1) is 0 Å². The second-order valence-electron chi connectivity index (χ2n) is 4.01. The van der Waals surface area contributed by atoms with Gasteiger partial charge in [-0.15, -0.1) is 0 Å². The van der Waals surface area contributed by atoms with Crippen molar-refractivity contribution in [2.24, 2.45) is 0 Å². The number of fused-ring (bicyclic) bond motifs is 1. The third-order valence-electron chi connectivity index (χ3n) is 2.75. The van der Waals surface area contributed by atoms with Crippen molar-refractivity contribution < 1.29 is 19.8 Å². The topological polar surface area (TPSA) is 74.6 Å². The minimum Gasteiger partial charge on any atom is -0.479 e. The Morgan fingerprint density at radius 2 is 1.72 bits per heavy atom. The fraction of sp³-hybridized carbons (Fsp3) is 0.143. The molecule has 0 unspecified atom stereocenters. The van der Waals surface area contributed by atoms with Crippen molar-refractivity contribution in [3.05, 3.63) is 48.0 Å². The van der Waals surface area contributed by atoms with Crippen molar-refractivity contribution in [3.8, 4) is 0 Å². The molecule has 0 fully saturated rings. The first-order chi connectivity index (χ1) is 8.59. The van der Waals surface area contributed by atoms with Crippen molar-refractivity contribution in [2.75, 3.05) is 0 Å². The van der Waals surface area contributed by atoms with Crippen LogP contribution in [0.15, 0.2) is 42.5 Å². The van der Waals surface area contributed by atoms with Gasteiger partial charge in [0.25, 0.3) is 0 Å². The summed E-state index contributed by atoms with van der Waals surface area (Å²) in [4.78, 5) is 22.5. The normalized spacial score (nSPS) is 12.3. The van der Waals surface area contributed by atoms with Crippen LogP contribution in [0, 0.1) is 0 Å². The molecule has 2 aromatic rings. The summed E-state index contributed by atoms with van der Waals surface area (Å²) >= 11 is 0. The van der Waals surface area contributed by atoms with E-state index >= 15 is 0 Å². The molecule has 18 heavy (non-hydrogen) atoms. The summed E-state index contributed by atoms with van der Waals surface area (Å²) in [5.74, 6) is -1.76. The van der Waals surface area contributed by atoms with E-state index in [0.717, 1.165) is 10.8 Å². The van der Waals surface area contributed by atoms with Crippen LogP contribution in [0.5, 0.6) is 0 Å².